The van der Waals surface area contributed by atoms with Crippen molar-refractivity contribution in [2.45, 2.75) is 0 Å². The summed E-state index contributed by atoms with van der Waals surface area (Å²) in [5, 5.41) is 7.01. The van der Waals surface area contributed by atoms with Gasteiger partial charge in [0.1, 0.15) is 11.2 Å². The number of furan rings is 1. The Kier molecular flexibility index (Phi) is 7.17. The standard InChI is InChI=1S/C52H34N2O/c1-2-14-35(15-3-1)36-26-28-37(29-27-36)53(38-30-32-39(33-31-38)54-49-23-11-6-17-41(49)42-18-7-12-24-50(42)54)48-22-10-8-19-43(48)46-34-47-44-20-9-13-25-51(44)55-52(47)45-21-5-4-16-40(45)46/h1-34H. The molecule has 2 aromatic heterocycles. The Labute approximate surface area is 318 Å². The van der Waals surface area contributed by atoms with E-state index in [1.165, 1.54) is 32.9 Å². The lowest BCUT2D eigenvalue weighted by Gasteiger charge is -2.28. The molecule has 9 aromatic carbocycles. The molecule has 0 aliphatic rings. The Morgan fingerprint density at radius 1 is 0.364 bits per heavy atom. The molecule has 0 aliphatic carbocycles. The van der Waals surface area contributed by atoms with Crippen LogP contribution < -0.4 is 4.90 Å². The van der Waals surface area contributed by atoms with Gasteiger partial charge in [-0.15, -0.1) is 0 Å². The van der Waals surface area contributed by atoms with Crippen LogP contribution in [-0.2, 0) is 0 Å². The Hall–Kier alpha value is -7.36. The second kappa shape index (κ2) is 12.6. The molecule has 0 N–H and O–H groups in total. The summed E-state index contributed by atoms with van der Waals surface area (Å²) in [6.45, 7) is 0. The molecule has 0 bridgehead atoms. The number of benzene rings is 9. The van der Waals surface area contributed by atoms with Gasteiger partial charge >= 0.3 is 0 Å². The molecule has 0 saturated carbocycles. The second-order valence-electron chi connectivity index (χ2n) is 14.1. The molecule has 0 aliphatic heterocycles. The van der Waals surface area contributed by atoms with Crippen molar-refractivity contribution >= 4 is 71.6 Å². The van der Waals surface area contributed by atoms with Gasteiger partial charge < -0.3 is 13.9 Å². The molecule has 0 atom stereocenters. The summed E-state index contributed by atoms with van der Waals surface area (Å²) in [4.78, 5) is 2.40. The van der Waals surface area contributed by atoms with Crippen LogP contribution in [0.4, 0.5) is 17.1 Å². The minimum absolute atomic E-state index is 0.900. The summed E-state index contributed by atoms with van der Waals surface area (Å²) < 4.78 is 8.88. The maximum absolute atomic E-state index is 6.50. The van der Waals surface area contributed by atoms with Gasteiger partial charge in [-0.3, -0.25) is 0 Å². The molecular formula is C52H34N2O. The molecule has 0 amide bonds. The molecule has 0 saturated heterocycles. The fourth-order valence-corrected chi connectivity index (χ4v) is 8.48. The van der Waals surface area contributed by atoms with Crippen molar-refractivity contribution in [1.82, 2.24) is 4.57 Å². The molecule has 3 nitrogen and oxygen atoms in total. The zero-order chi connectivity index (χ0) is 36.3. The molecule has 0 fully saturated rings. The Morgan fingerprint density at radius 3 is 1.60 bits per heavy atom. The van der Waals surface area contributed by atoms with E-state index in [-0.39, 0.29) is 0 Å². The van der Waals surface area contributed by atoms with E-state index in [0.717, 1.165) is 66.6 Å². The summed E-state index contributed by atoms with van der Waals surface area (Å²) in [6, 6.07) is 73.9. The van der Waals surface area contributed by atoms with Gasteiger partial charge in [0, 0.05) is 49.6 Å². The lowest BCUT2D eigenvalue weighted by Crippen LogP contribution is -2.11. The highest BCUT2D eigenvalue weighted by molar-refractivity contribution is 6.20. The van der Waals surface area contributed by atoms with Crippen LogP contribution in [0.3, 0.4) is 0 Å². The first-order valence-corrected chi connectivity index (χ1v) is 18.8. The summed E-state index contributed by atoms with van der Waals surface area (Å²) in [7, 11) is 0. The van der Waals surface area contributed by atoms with Gasteiger partial charge in [0.15, 0.2) is 0 Å². The summed E-state index contributed by atoms with van der Waals surface area (Å²) >= 11 is 0. The average Bonchev–Trinajstić information content (AvgIpc) is 3.81. The third-order valence-corrected chi connectivity index (χ3v) is 11.0. The number of hydrogen-bond donors (Lipinski definition) is 0. The van der Waals surface area contributed by atoms with Gasteiger partial charge in [0.25, 0.3) is 0 Å². The van der Waals surface area contributed by atoms with Gasteiger partial charge in [-0.1, -0.05) is 140 Å². The smallest absolute Gasteiger partial charge is 0.143 e. The van der Waals surface area contributed by atoms with Crippen molar-refractivity contribution in [3.05, 3.63) is 206 Å². The van der Waals surface area contributed by atoms with Crippen molar-refractivity contribution in [3.63, 3.8) is 0 Å². The SMILES string of the molecule is c1ccc(-c2ccc(N(c3ccc(-n4c5ccccc5c5ccccc54)cc3)c3ccccc3-c3cc4c5ccccc5oc4c4ccccc34)cc2)cc1. The first-order valence-electron chi connectivity index (χ1n) is 18.8. The molecule has 0 spiro atoms. The van der Waals surface area contributed by atoms with E-state index in [2.05, 4.69) is 210 Å². The number of aromatic nitrogens is 1. The normalized spacial score (nSPS) is 11.6. The van der Waals surface area contributed by atoms with Gasteiger partial charge in [-0.05, 0) is 88.8 Å². The molecular weight excluding hydrogens is 669 g/mol. The second-order valence-corrected chi connectivity index (χ2v) is 14.1. The summed E-state index contributed by atoms with van der Waals surface area (Å²) in [6.07, 6.45) is 0. The Balaban J connectivity index is 1.12. The number of anilines is 3. The molecule has 0 unspecified atom stereocenters. The first kappa shape index (κ1) is 31.2. The monoisotopic (exact) mass is 702 g/mol. The predicted molar refractivity (Wildman–Crippen MR) is 231 cm³/mol. The van der Waals surface area contributed by atoms with Gasteiger partial charge in [-0.2, -0.15) is 0 Å². The average molecular weight is 703 g/mol. The zero-order valence-corrected chi connectivity index (χ0v) is 29.9. The number of rotatable bonds is 6. The lowest BCUT2D eigenvalue weighted by atomic mass is 9.93. The fraction of sp³-hybridized carbons (Fsp3) is 0. The van der Waals surface area contributed by atoms with Gasteiger partial charge in [0.2, 0.25) is 0 Å². The van der Waals surface area contributed by atoms with Crippen molar-refractivity contribution in [3.8, 4) is 27.9 Å². The Bertz CT molecular complexity index is 3140. The van der Waals surface area contributed by atoms with Crippen LogP contribution in [0.15, 0.2) is 211 Å². The molecule has 11 rings (SSSR count). The number of fused-ring (bicyclic) bond motifs is 8. The maximum Gasteiger partial charge on any atom is 0.143 e. The maximum atomic E-state index is 6.50. The lowest BCUT2D eigenvalue weighted by molar-refractivity contribution is 0.672. The van der Waals surface area contributed by atoms with Crippen molar-refractivity contribution in [2.24, 2.45) is 0 Å². The third kappa shape index (κ3) is 5.05. The quantitative estimate of drug-likeness (QED) is 0.172. The van der Waals surface area contributed by atoms with Crippen LogP contribution in [0.25, 0.3) is 82.5 Å². The minimum atomic E-state index is 0.900. The first-order chi connectivity index (χ1) is 27.3. The topological polar surface area (TPSA) is 21.3 Å². The van der Waals surface area contributed by atoms with E-state index in [4.69, 9.17) is 4.42 Å². The predicted octanol–water partition coefficient (Wildman–Crippen LogP) is 14.6. The van der Waals surface area contributed by atoms with E-state index in [9.17, 15) is 0 Å². The highest BCUT2D eigenvalue weighted by Crippen LogP contribution is 2.46. The van der Waals surface area contributed by atoms with E-state index in [0.29, 0.717) is 0 Å². The van der Waals surface area contributed by atoms with Crippen LogP contribution in [0, 0.1) is 0 Å². The van der Waals surface area contributed by atoms with Crippen LogP contribution in [0.5, 0.6) is 0 Å². The van der Waals surface area contributed by atoms with E-state index >= 15 is 0 Å². The van der Waals surface area contributed by atoms with E-state index < -0.39 is 0 Å². The van der Waals surface area contributed by atoms with Gasteiger partial charge in [0.05, 0.1) is 16.7 Å². The number of para-hydroxylation sites is 4. The van der Waals surface area contributed by atoms with E-state index in [1.807, 2.05) is 6.07 Å². The highest BCUT2D eigenvalue weighted by atomic mass is 16.3. The number of nitrogens with zero attached hydrogens (tertiary/aromatic N) is 2. The van der Waals surface area contributed by atoms with Crippen molar-refractivity contribution < 1.29 is 4.42 Å². The fourth-order valence-electron chi connectivity index (χ4n) is 8.48. The molecule has 0 radical (unpaired) electrons. The van der Waals surface area contributed by atoms with E-state index in [1.54, 1.807) is 0 Å². The molecule has 55 heavy (non-hydrogen) atoms. The summed E-state index contributed by atoms with van der Waals surface area (Å²) in [5.41, 5.74) is 13.3. The molecule has 3 heteroatoms. The van der Waals surface area contributed by atoms with Crippen molar-refractivity contribution in [1.29, 1.82) is 0 Å². The molecule has 258 valence electrons. The van der Waals surface area contributed by atoms with Crippen LogP contribution in [-0.4, -0.2) is 4.57 Å². The highest BCUT2D eigenvalue weighted by Gasteiger charge is 2.21. The Morgan fingerprint density at radius 2 is 0.891 bits per heavy atom. The van der Waals surface area contributed by atoms with Crippen LogP contribution in [0.1, 0.15) is 0 Å². The van der Waals surface area contributed by atoms with Crippen LogP contribution in [0.2, 0.25) is 0 Å². The number of hydrogen-bond acceptors (Lipinski definition) is 2. The van der Waals surface area contributed by atoms with Gasteiger partial charge in [-0.25, -0.2) is 0 Å². The molecule has 11 aromatic rings. The summed E-state index contributed by atoms with van der Waals surface area (Å²) in [5.74, 6) is 0. The molecule has 2 heterocycles. The third-order valence-electron chi connectivity index (χ3n) is 11.0. The minimum Gasteiger partial charge on any atom is -0.455 e. The van der Waals surface area contributed by atoms with Crippen LogP contribution >= 0.6 is 0 Å². The van der Waals surface area contributed by atoms with Crippen molar-refractivity contribution in [2.75, 3.05) is 4.90 Å². The largest absolute Gasteiger partial charge is 0.455 e. The zero-order valence-electron chi connectivity index (χ0n) is 29.9.